The van der Waals surface area contributed by atoms with E-state index >= 15 is 0 Å². The number of hydrogen-bond acceptors (Lipinski definition) is 4. The molecule has 1 aliphatic heterocycles. The van der Waals surface area contributed by atoms with E-state index in [9.17, 15) is 13.2 Å². The van der Waals surface area contributed by atoms with Gasteiger partial charge in [0.15, 0.2) is 0 Å². The first-order chi connectivity index (χ1) is 11.5. The molecule has 0 amide bonds. The van der Waals surface area contributed by atoms with Crippen LogP contribution in [-0.4, -0.2) is 29.3 Å². The monoisotopic (exact) mass is 337 g/mol. The Bertz CT molecular complexity index is 691. The molecule has 2 heterocycles. The highest BCUT2D eigenvalue weighted by Crippen LogP contribution is 2.27. The maximum atomic E-state index is 12.3. The number of nitrogens with zero attached hydrogens (tertiary/aromatic N) is 2. The molecule has 0 fully saturated rings. The Kier molecular flexibility index (Phi) is 4.99. The average molecular weight is 337 g/mol. The molecule has 0 unspecified atom stereocenters. The van der Waals surface area contributed by atoms with Crippen LogP contribution in [0, 0.1) is 0 Å². The van der Waals surface area contributed by atoms with Gasteiger partial charge in [-0.25, -0.2) is 9.97 Å². The van der Waals surface area contributed by atoms with Crippen LogP contribution in [-0.2, 0) is 17.6 Å². The van der Waals surface area contributed by atoms with Crippen LogP contribution < -0.4 is 5.32 Å². The second-order valence-corrected chi connectivity index (χ2v) is 5.68. The normalized spacial score (nSPS) is 17.4. The molecule has 1 aliphatic rings. The lowest BCUT2D eigenvalue weighted by Crippen LogP contribution is -2.23. The number of alkyl halides is 3. The van der Waals surface area contributed by atoms with Gasteiger partial charge in [0.05, 0.1) is 6.61 Å². The van der Waals surface area contributed by atoms with Gasteiger partial charge in [-0.3, -0.25) is 0 Å². The molecule has 7 heteroatoms. The van der Waals surface area contributed by atoms with Gasteiger partial charge in [-0.1, -0.05) is 24.3 Å². The second-order valence-electron chi connectivity index (χ2n) is 5.68. The van der Waals surface area contributed by atoms with Crippen LogP contribution in [0.2, 0.25) is 0 Å². The van der Waals surface area contributed by atoms with Crippen LogP contribution in [0.5, 0.6) is 0 Å². The number of nitrogens with one attached hydrogen (secondary N) is 1. The zero-order valence-electron chi connectivity index (χ0n) is 13.0. The number of fused-ring (bicyclic) bond motifs is 1. The van der Waals surface area contributed by atoms with Gasteiger partial charge in [0.1, 0.15) is 6.10 Å². The highest BCUT2D eigenvalue weighted by atomic mass is 19.4. The number of aromatic nitrogens is 2. The Labute approximate surface area is 138 Å². The number of aryl methyl sites for hydroxylation is 1. The van der Waals surface area contributed by atoms with E-state index in [1.54, 1.807) is 0 Å². The van der Waals surface area contributed by atoms with E-state index in [0.29, 0.717) is 24.8 Å². The van der Waals surface area contributed by atoms with Crippen molar-refractivity contribution in [1.29, 1.82) is 0 Å². The number of rotatable bonds is 5. The van der Waals surface area contributed by atoms with E-state index in [2.05, 4.69) is 21.4 Å². The number of ether oxygens (including phenoxy) is 1. The van der Waals surface area contributed by atoms with Crippen molar-refractivity contribution in [2.24, 2.45) is 0 Å². The Morgan fingerprint density at radius 1 is 1.21 bits per heavy atom. The van der Waals surface area contributed by atoms with Crippen molar-refractivity contribution in [2.75, 3.05) is 18.5 Å². The lowest BCUT2D eigenvalue weighted by atomic mass is 9.98. The average Bonchev–Trinajstić information content (AvgIpc) is 2.58. The van der Waals surface area contributed by atoms with Crippen molar-refractivity contribution in [3.63, 3.8) is 0 Å². The Balaban J connectivity index is 1.61. The van der Waals surface area contributed by atoms with E-state index in [0.717, 1.165) is 12.0 Å². The van der Waals surface area contributed by atoms with E-state index in [1.807, 2.05) is 18.2 Å². The van der Waals surface area contributed by atoms with Gasteiger partial charge in [0, 0.05) is 24.9 Å². The van der Waals surface area contributed by atoms with Gasteiger partial charge in [0.25, 0.3) is 0 Å². The molecule has 0 bridgehead atoms. The molecule has 1 aromatic heterocycles. The Morgan fingerprint density at radius 3 is 2.88 bits per heavy atom. The molecule has 3 rings (SSSR count). The fourth-order valence-electron chi connectivity index (χ4n) is 2.72. The lowest BCUT2D eigenvalue weighted by Gasteiger charge is -2.26. The van der Waals surface area contributed by atoms with Crippen molar-refractivity contribution >= 4 is 5.95 Å². The standard InChI is InChI=1S/C17H18F3N3O/c18-17(19,20)8-5-13-6-9-21-16(23-13)22-11-15-14-4-2-1-3-12(14)7-10-24-15/h1-4,6,9,15H,5,7-8,10-11H2,(H,21,22,23)/t15-/m0/s1. The van der Waals surface area contributed by atoms with Crippen molar-refractivity contribution in [3.8, 4) is 0 Å². The molecule has 1 N–H and O–H groups in total. The third-order valence-corrected chi connectivity index (χ3v) is 3.92. The van der Waals surface area contributed by atoms with Crippen LogP contribution in [0.3, 0.4) is 0 Å². The van der Waals surface area contributed by atoms with Crippen LogP contribution in [0.1, 0.15) is 29.3 Å². The molecule has 4 nitrogen and oxygen atoms in total. The van der Waals surface area contributed by atoms with Crippen LogP contribution in [0.4, 0.5) is 19.1 Å². The lowest BCUT2D eigenvalue weighted by molar-refractivity contribution is -0.134. The minimum absolute atomic E-state index is 0.114. The number of benzene rings is 1. The summed E-state index contributed by atoms with van der Waals surface area (Å²) in [5, 5.41) is 3.06. The molecule has 1 aromatic carbocycles. The zero-order chi connectivity index (χ0) is 17.0. The predicted molar refractivity (Wildman–Crippen MR) is 83.7 cm³/mol. The molecule has 2 aromatic rings. The summed E-state index contributed by atoms with van der Waals surface area (Å²) in [5.74, 6) is 0.321. The maximum absolute atomic E-state index is 12.3. The van der Waals surface area contributed by atoms with Crippen LogP contribution in [0.25, 0.3) is 0 Å². The van der Waals surface area contributed by atoms with E-state index in [4.69, 9.17) is 4.74 Å². The summed E-state index contributed by atoms with van der Waals surface area (Å²) in [6, 6.07) is 9.58. The maximum Gasteiger partial charge on any atom is 0.389 e. The highest BCUT2D eigenvalue weighted by Gasteiger charge is 2.26. The van der Waals surface area contributed by atoms with Gasteiger partial charge in [-0.2, -0.15) is 13.2 Å². The first-order valence-electron chi connectivity index (χ1n) is 7.83. The summed E-state index contributed by atoms with van der Waals surface area (Å²) >= 11 is 0. The Hall–Kier alpha value is -2.15. The predicted octanol–water partition coefficient (Wildman–Crippen LogP) is 3.70. The fourth-order valence-corrected chi connectivity index (χ4v) is 2.72. The number of hydrogen-bond donors (Lipinski definition) is 1. The molecule has 0 radical (unpaired) electrons. The first kappa shape index (κ1) is 16.7. The Morgan fingerprint density at radius 2 is 2.04 bits per heavy atom. The molecule has 128 valence electrons. The van der Waals surface area contributed by atoms with Crippen molar-refractivity contribution in [3.05, 3.63) is 53.3 Å². The third-order valence-electron chi connectivity index (χ3n) is 3.92. The van der Waals surface area contributed by atoms with Gasteiger partial charge >= 0.3 is 6.18 Å². The molecule has 0 saturated carbocycles. The number of anilines is 1. The third kappa shape index (κ3) is 4.44. The van der Waals surface area contributed by atoms with Crippen molar-refractivity contribution in [2.45, 2.75) is 31.5 Å². The van der Waals surface area contributed by atoms with Crippen LogP contribution >= 0.6 is 0 Å². The zero-order valence-corrected chi connectivity index (χ0v) is 13.0. The first-order valence-corrected chi connectivity index (χ1v) is 7.83. The van der Waals surface area contributed by atoms with Gasteiger partial charge in [-0.15, -0.1) is 0 Å². The van der Waals surface area contributed by atoms with E-state index in [-0.39, 0.29) is 12.5 Å². The summed E-state index contributed by atoms with van der Waals surface area (Å²) in [5.41, 5.74) is 2.76. The molecular weight excluding hydrogens is 319 g/mol. The van der Waals surface area contributed by atoms with Crippen molar-refractivity contribution < 1.29 is 17.9 Å². The second kappa shape index (κ2) is 7.17. The number of halogens is 3. The quantitative estimate of drug-likeness (QED) is 0.904. The molecule has 24 heavy (non-hydrogen) atoms. The minimum atomic E-state index is -4.18. The highest BCUT2D eigenvalue weighted by molar-refractivity contribution is 5.33. The SMILES string of the molecule is FC(F)(F)CCc1ccnc(NC[C@@H]2OCCc3ccccc32)n1. The molecule has 0 spiro atoms. The van der Waals surface area contributed by atoms with E-state index in [1.165, 1.54) is 17.8 Å². The summed E-state index contributed by atoms with van der Waals surface area (Å²) in [6.45, 7) is 1.12. The molecule has 0 aliphatic carbocycles. The van der Waals surface area contributed by atoms with E-state index < -0.39 is 12.6 Å². The fraction of sp³-hybridized carbons (Fsp3) is 0.412. The summed E-state index contributed by atoms with van der Waals surface area (Å²) in [6.07, 6.45) is -2.98. The van der Waals surface area contributed by atoms with Crippen LogP contribution in [0.15, 0.2) is 36.5 Å². The topological polar surface area (TPSA) is 47.0 Å². The summed E-state index contributed by atoms with van der Waals surface area (Å²) in [4.78, 5) is 8.20. The van der Waals surface area contributed by atoms with Gasteiger partial charge < -0.3 is 10.1 Å². The minimum Gasteiger partial charge on any atom is -0.371 e. The smallest absolute Gasteiger partial charge is 0.371 e. The van der Waals surface area contributed by atoms with Gasteiger partial charge in [-0.05, 0) is 30.0 Å². The molecule has 0 saturated heterocycles. The molecular formula is C17H18F3N3O. The summed E-state index contributed by atoms with van der Waals surface area (Å²) in [7, 11) is 0. The van der Waals surface area contributed by atoms with Crippen molar-refractivity contribution in [1.82, 2.24) is 9.97 Å². The molecule has 1 atom stereocenters. The summed E-state index contributed by atoms with van der Waals surface area (Å²) < 4.78 is 42.7. The largest absolute Gasteiger partial charge is 0.389 e. The van der Waals surface area contributed by atoms with Gasteiger partial charge in [0.2, 0.25) is 5.95 Å².